The van der Waals surface area contributed by atoms with Crippen LogP contribution >= 0.6 is 8.03 Å². The zero-order valence-electron chi connectivity index (χ0n) is 6.32. The van der Waals surface area contributed by atoms with Gasteiger partial charge in [0.2, 0.25) is 6.16 Å². The molecule has 4 N–H and O–H groups in total. The summed E-state index contributed by atoms with van der Waals surface area (Å²) in [4.78, 5) is 28.8. The van der Waals surface area contributed by atoms with Gasteiger partial charge in [-0.05, 0) is 4.57 Å². The lowest BCUT2D eigenvalue weighted by atomic mass is 10.1. The fourth-order valence-corrected chi connectivity index (χ4v) is 1.23. The molecule has 0 aliphatic heterocycles. The maximum absolute atomic E-state index is 10.2. The maximum Gasteiger partial charge on any atom is 0.508 e. The Morgan fingerprint density at radius 3 is 1.85 bits per heavy atom. The Bertz CT molecular complexity index is 223. The first-order valence-corrected chi connectivity index (χ1v) is 4.53. The SMILES string of the molecule is O=C(O)C(C(=O)O)C(O)C[P+](=O)O. The van der Waals surface area contributed by atoms with E-state index < -0.39 is 38.2 Å². The second kappa shape index (κ2) is 4.86. The van der Waals surface area contributed by atoms with Gasteiger partial charge in [0.1, 0.15) is 6.10 Å². The molecular weight excluding hydrogens is 203 g/mol. The van der Waals surface area contributed by atoms with Crippen LogP contribution in [0.1, 0.15) is 0 Å². The van der Waals surface area contributed by atoms with Gasteiger partial charge >= 0.3 is 20.0 Å². The number of aliphatic hydroxyl groups excluding tert-OH is 1. The molecule has 0 spiro atoms. The van der Waals surface area contributed by atoms with E-state index in [-0.39, 0.29) is 0 Å². The minimum absolute atomic E-state index is 0.765. The molecule has 8 heteroatoms. The van der Waals surface area contributed by atoms with Gasteiger partial charge in [0.05, 0.1) is 0 Å². The number of aliphatic carboxylic acids is 2. The highest BCUT2D eigenvalue weighted by atomic mass is 31.1. The average Bonchev–Trinajstić information content (AvgIpc) is 1.81. The van der Waals surface area contributed by atoms with Crippen molar-refractivity contribution in [3.05, 3.63) is 0 Å². The Labute approximate surface area is 73.5 Å². The Hall–Kier alpha value is -1.04. The summed E-state index contributed by atoms with van der Waals surface area (Å²) in [5.41, 5.74) is 0. The Balaban J connectivity index is 4.46. The zero-order valence-corrected chi connectivity index (χ0v) is 7.22. The largest absolute Gasteiger partial charge is 0.508 e. The standard InChI is InChI=1S/C5H7O7P/c6-2(1-13(11)12)3(4(7)8)5(9)10/h2-3,6H,1H2,(H2-,7,8,9,10,11,12)/p+1. The second-order valence-corrected chi connectivity index (χ2v) is 3.33. The summed E-state index contributed by atoms with van der Waals surface area (Å²) in [5, 5.41) is 25.5. The third-order valence-corrected chi connectivity index (χ3v) is 1.95. The predicted octanol–water partition coefficient (Wildman–Crippen LogP) is -1.13. The highest BCUT2D eigenvalue weighted by molar-refractivity contribution is 7.38. The van der Waals surface area contributed by atoms with Crippen LogP contribution in [0.5, 0.6) is 0 Å². The number of carboxylic acids is 2. The van der Waals surface area contributed by atoms with Gasteiger partial charge in [0, 0.05) is 0 Å². The van der Waals surface area contributed by atoms with Crippen LogP contribution in [-0.2, 0) is 14.2 Å². The molecule has 0 aromatic carbocycles. The highest BCUT2D eigenvalue weighted by Gasteiger charge is 2.38. The van der Waals surface area contributed by atoms with Gasteiger partial charge in [0.15, 0.2) is 5.92 Å². The smallest absolute Gasteiger partial charge is 0.481 e. The second-order valence-electron chi connectivity index (χ2n) is 2.26. The first-order chi connectivity index (χ1) is 5.86. The molecule has 0 heterocycles. The number of hydrogen-bond acceptors (Lipinski definition) is 4. The molecule has 0 aliphatic carbocycles. The van der Waals surface area contributed by atoms with E-state index in [9.17, 15) is 14.2 Å². The van der Waals surface area contributed by atoms with Gasteiger partial charge in [-0.2, -0.15) is 4.89 Å². The lowest BCUT2D eigenvalue weighted by Crippen LogP contribution is -2.36. The molecule has 0 radical (unpaired) electrons. The van der Waals surface area contributed by atoms with E-state index >= 15 is 0 Å². The highest BCUT2D eigenvalue weighted by Crippen LogP contribution is 2.18. The molecule has 0 amide bonds. The van der Waals surface area contributed by atoms with E-state index in [0.29, 0.717) is 0 Å². The monoisotopic (exact) mass is 211 g/mol. The fourth-order valence-electron chi connectivity index (χ4n) is 0.700. The van der Waals surface area contributed by atoms with Crippen molar-refractivity contribution >= 4 is 20.0 Å². The van der Waals surface area contributed by atoms with Crippen molar-refractivity contribution in [2.24, 2.45) is 5.92 Å². The van der Waals surface area contributed by atoms with Crippen molar-refractivity contribution in [2.45, 2.75) is 6.10 Å². The van der Waals surface area contributed by atoms with E-state index in [1.54, 1.807) is 0 Å². The zero-order chi connectivity index (χ0) is 10.6. The minimum atomic E-state index is -2.75. The number of carbonyl (C=O) groups is 2. The summed E-state index contributed by atoms with van der Waals surface area (Å²) in [5.74, 6) is -5.54. The summed E-state index contributed by atoms with van der Waals surface area (Å²) >= 11 is 0. The van der Waals surface area contributed by atoms with Crippen molar-refractivity contribution in [1.29, 1.82) is 0 Å². The fraction of sp³-hybridized carbons (Fsp3) is 0.600. The summed E-state index contributed by atoms with van der Waals surface area (Å²) < 4.78 is 10.2. The Morgan fingerprint density at radius 1 is 1.23 bits per heavy atom. The van der Waals surface area contributed by atoms with Crippen LogP contribution in [-0.4, -0.2) is 44.4 Å². The first kappa shape index (κ1) is 12.0. The van der Waals surface area contributed by atoms with Crippen molar-refractivity contribution in [2.75, 3.05) is 6.16 Å². The van der Waals surface area contributed by atoms with E-state index in [4.69, 9.17) is 20.2 Å². The van der Waals surface area contributed by atoms with Crippen LogP contribution in [0.15, 0.2) is 0 Å². The van der Waals surface area contributed by atoms with Crippen LogP contribution in [0, 0.1) is 5.92 Å². The van der Waals surface area contributed by atoms with Crippen molar-refractivity contribution < 1.29 is 34.4 Å². The third kappa shape index (κ3) is 3.93. The quantitative estimate of drug-likeness (QED) is 0.334. The molecule has 7 nitrogen and oxygen atoms in total. The molecule has 0 fully saturated rings. The first-order valence-electron chi connectivity index (χ1n) is 3.13. The molecule has 74 valence electrons. The Morgan fingerprint density at radius 2 is 1.62 bits per heavy atom. The topological polar surface area (TPSA) is 132 Å². The van der Waals surface area contributed by atoms with Crippen LogP contribution in [0.3, 0.4) is 0 Å². The van der Waals surface area contributed by atoms with Crippen molar-refractivity contribution in [1.82, 2.24) is 0 Å². The van der Waals surface area contributed by atoms with Gasteiger partial charge in [-0.25, -0.2) is 0 Å². The van der Waals surface area contributed by atoms with Crippen molar-refractivity contribution in [3.63, 3.8) is 0 Å². The van der Waals surface area contributed by atoms with Gasteiger partial charge in [-0.3, -0.25) is 9.59 Å². The molecular formula is C5H8O7P+. The molecule has 0 saturated carbocycles. The third-order valence-electron chi connectivity index (χ3n) is 1.26. The van der Waals surface area contributed by atoms with Crippen LogP contribution in [0.2, 0.25) is 0 Å². The van der Waals surface area contributed by atoms with E-state index in [2.05, 4.69) is 0 Å². The molecule has 2 atom stereocenters. The van der Waals surface area contributed by atoms with Crippen LogP contribution in [0.4, 0.5) is 0 Å². The van der Waals surface area contributed by atoms with E-state index in [0.717, 1.165) is 0 Å². The molecule has 13 heavy (non-hydrogen) atoms. The van der Waals surface area contributed by atoms with Crippen molar-refractivity contribution in [3.8, 4) is 0 Å². The van der Waals surface area contributed by atoms with E-state index in [1.807, 2.05) is 0 Å². The van der Waals surface area contributed by atoms with Gasteiger partial charge in [-0.15, -0.1) is 0 Å². The minimum Gasteiger partial charge on any atom is -0.481 e. The van der Waals surface area contributed by atoms with Gasteiger partial charge in [0.25, 0.3) is 0 Å². The molecule has 0 aromatic rings. The predicted molar refractivity (Wildman–Crippen MR) is 39.5 cm³/mol. The summed E-state index contributed by atoms with van der Waals surface area (Å²) in [6.45, 7) is 0. The average molecular weight is 211 g/mol. The number of hydrogen-bond donors (Lipinski definition) is 4. The van der Waals surface area contributed by atoms with Gasteiger partial charge < -0.3 is 15.3 Å². The van der Waals surface area contributed by atoms with Crippen LogP contribution < -0.4 is 0 Å². The molecule has 0 saturated heterocycles. The number of carboxylic acid groups (broad SMARTS) is 2. The summed E-state index contributed by atoms with van der Waals surface area (Å²) in [7, 11) is -2.75. The lowest BCUT2D eigenvalue weighted by Gasteiger charge is -2.09. The molecule has 0 aromatic heterocycles. The van der Waals surface area contributed by atoms with E-state index in [1.165, 1.54) is 0 Å². The summed E-state index contributed by atoms with van der Waals surface area (Å²) in [6, 6.07) is 0. The molecule has 0 rings (SSSR count). The Kier molecular flexibility index (Phi) is 4.47. The summed E-state index contributed by atoms with van der Waals surface area (Å²) in [6.07, 6.45) is -2.62. The lowest BCUT2D eigenvalue weighted by molar-refractivity contribution is -0.159. The normalized spacial score (nSPS) is 13.9. The molecule has 2 unspecified atom stereocenters. The molecule has 0 bridgehead atoms. The van der Waals surface area contributed by atoms with Gasteiger partial charge in [-0.1, -0.05) is 0 Å². The maximum atomic E-state index is 10.2. The number of aliphatic hydroxyl groups is 1. The molecule has 0 aliphatic rings. The number of rotatable bonds is 5. The van der Waals surface area contributed by atoms with Crippen LogP contribution in [0.25, 0.3) is 0 Å².